The van der Waals surface area contributed by atoms with Crippen molar-refractivity contribution in [1.29, 1.82) is 0 Å². The average molecular weight is 518 g/mol. The number of hydrogen-bond acceptors (Lipinski definition) is 7. The maximum atomic E-state index is 13.8. The predicted molar refractivity (Wildman–Crippen MR) is 139 cm³/mol. The number of aromatic nitrogens is 2. The van der Waals surface area contributed by atoms with Crippen LogP contribution in [0.5, 0.6) is 0 Å². The fourth-order valence-corrected chi connectivity index (χ4v) is 5.40. The van der Waals surface area contributed by atoms with Gasteiger partial charge in [-0.05, 0) is 41.5 Å². The molecule has 1 aromatic carbocycles. The molecule has 1 aliphatic carbocycles. The third-order valence-corrected chi connectivity index (χ3v) is 7.41. The van der Waals surface area contributed by atoms with Gasteiger partial charge >= 0.3 is 0 Å². The van der Waals surface area contributed by atoms with Crippen molar-refractivity contribution < 1.29 is 17.6 Å². The summed E-state index contributed by atoms with van der Waals surface area (Å²) >= 11 is 0. The minimum Gasteiger partial charge on any atom is -0.387 e. The fourth-order valence-electron chi connectivity index (χ4n) is 4.51. The topological polar surface area (TPSA) is 127 Å². The molecule has 37 heavy (non-hydrogen) atoms. The molecule has 0 radical (unpaired) electrons. The van der Waals surface area contributed by atoms with Crippen LogP contribution in [0.4, 0.5) is 4.39 Å². The summed E-state index contributed by atoms with van der Waals surface area (Å²) in [4.78, 5) is 25.3. The van der Waals surface area contributed by atoms with Crippen molar-refractivity contribution in [3.05, 3.63) is 101 Å². The number of rotatable bonds is 6. The summed E-state index contributed by atoms with van der Waals surface area (Å²) in [6, 6.07) is 7.72. The number of nitrogens with one attached hydrogen (secondary N) is 1. The Morgan fingerprint density at radius 3 is 2.81 bits per heavy atom. The van der Waals surface area contributed by atoms with Crippen molar-refractivity contribution in [1.82, 2.24) is 15.3 Å². The van der Waals surface area contributed by atoms with E-state index in [9.17, 15) is 17.6 Å². The van der Waals surface area contributed by atoms with E-state index in [2.05, 4.69) is 26.4 Å². The summed E-state index contributed by atoms with van der Waals surface area (Å²) in [6.07, 6.45) is 13.5. The largest absolute Gasteiger partial charge is 0.387 e. The lowest BCUT2D eigenvalue weighted by molar-refractivity contribution is 0.0957. The molecule has 0 saturated heterocycles. The average Bonchev–Trinajstić information content (AvgIpc) is 2.86. The number of fused-ring (bicyclic) bond motifs is 2. The Morgan fingerprint density at radius 1 is 1.16 bits per heavy atom. The number of nitrogens with zero attached hydrogens (tertiary/aromatic N) is 3. The Bertz CT molecular complexity index is 1640. The number of amides is 1. The van der Waals surface area contributed by atoms with Crippen molar-refractivity contribution in [3.8, 4) is 0 Å². The van der Waals surface area contributed by atoms with Crippen LogP contribution in [0.1, 0.15) is 21.6 Å². The van der Waals surface area contributed by atoms with Crippen molar-refractivity contribution in [2.24, 2.45) is 22.6 Å². The number of carbonyl (C=O) groups is 1. The first-order valence-electron chi connectivity index (χ1n) is 11.6. The Kier molecular flexibility index (Phi) is 6.43. The molecule has 2 unspecified atom stereocenters. The summed E-state index contributed by atoms with van der Waals surface area (Å²) in [5.41, 5.74) is 8.74. The SMILES string of the molecule is CS(=O)(=O)c1cc(Cc2cc(C(=O)NCC3=CC4C=CN=C(N)C4C=C3)ccn2)cc2cc(F)cnc12. The third kappa shape index (κ3) is 5.34. The highest BCUT2D eigenvalue weighted by atomic mass is 32.2. The fraction of sp³-hybridized carbons (Fsp3) is 0.185. The monoisotopic (exact) mass is 517 g/mol. The van der Waals surface area contributed by atoms with Crippen molar-refractivity contribution in [3.63, 3.8) is 0 Å². The molecule has 2 aliphatic rings. The zero-order chi connectivity index (χ0) is 26.2. The minimum atomic E-state index is -3.61. The van der Waals surface area contributed by atoms with E-state index < -0.39 is 15.7 Å². The maximum Gasteiger partial charge on any atom is 0.251 e. The molecule has 3 N–H and O–H groups in total. The molecule has 3 heterocycles. The first-order chi connectivity index (χ1) is 17.7. The maximum absolute atomic E-state index is 13.8. The lowest BCUT2D eigenvalue weighted by Crippen LogP contribution is -2.32. The quantitative estimate of drug-likeness (QED) is 0.517. The van der Waals surface area contributed by atoms with E-state index in [0.717, 1.165) is 18.0 Å². The highest BCUT2D eigenvalue weighted by Gasteiger charge is 2.24. The van der Waals surface area contributed by atoms with Crippen LogP contribution in [0.3, 0.4) is 0 Å². The van der Waals surface area contributed by atoms with Crippen LogP contribution in [0.2, 0.25) is 0 Å². The van der Waals surface area contributed by atoms with Crippen LogP contribution in [0.15, 0.2) is 88.7 Å². The van der Waals surface area contributed by atoms with Gasteiger partial charge in [-0.15, -0.1) is 0 Å². The molecule has 188 valence electrons. The predicted octanol–water partition coefficient (Wildman–Crippen LogP) is 3.11. The van der Waals surface area contributed by atoms with Crippen molar-refractivity contribution in [2.75, 3.05) is 12.8 Å². The summed E-state index contributed by atoms with van der Waals surface area (Å²) in [5, 5.41) is 3.30. The molecule has 1 aliphatic heterocycles. The van der Waals surface area contributed by atoms with Crippen molar-refractivity contribution >= 4 is 32.5 Å². The number of nitrogens with two attached hydrogens (primary N) is 1. The lowest BCUT2D eigenvalue weighted by Gasteiger charge is -2.25. The number of hydrogen-bond donors (Lipinski definition) is 2. The number of amidine groups is 1. The smallest absolute Gasteiger partial charge is 0.251 e. The summed E-state index contributed by atoms with van der Waals surface area (Å²) in [5.74, 6) is -0.0940. The number of halogens is 1. The van der Waals surface area contributed by atoms with Crippen LogP contribution < -0.4 is 11.1 Å². The molecule has 0 bridgehead atoms. The molecule has 5 rings (SSSR count). The van der Waals surface area contributed by atoms with Crippen LogP contribution in [0.25, 0.3) is 10.9 Å². The second-order valence-electron chi connectivity index (χ2n) is 9.09. The van der Waals surface area contributed by atoms with E-state index in [-0.39, 0.29) is 34.6 Å². The number of benzene rings is 1. The van der Waals surface area contributed by atoms with Gasteiger partial charge in [-0.25, -0.2) is 17.8 Å². The van der Waals surface area contributed by atoms with E-state index in [1.807, 2.05) is 18.2 Å². The second-order valence-corrected chi connectivity index (χ2v) is 11.1. The van der Waals surface area contributed by atoms with Gasteiger partial charge in [-0.2, -0.15) is 0 Å². The van der Waals surface area contributed by atoms with Gasteiger partial charge in [0.05, 0.1) is 16.6 Å². The van der Waals surface area contributed by atoms with Gasteiger partial charge in [0, 0.05) is 60.1 Å². The normalized spacial score (nSPS) is 18.8. The third-order valence-electron chi connectivity index (χ3n) is 6.30. The van der Waals surface area contributed by atoms with E-state index >= 15 is 0 Å². The molecule has 0 saturated carbocycles. The first-order valence-corrected chi connectivity index (χ1v) is 13.5. The van der Waals surface area contributed by atoms with E-state index in [4.69, 9.17) is 5.73 Å². The Morgan fingerprint density at radius 2 is 2.00 bits per heavy atom. The number of pyridine rings is 2. The van der Waals surface area contributed by atoms with Crippen molar-refractivity contribution in [2.45, 2.75) is 11.3 Å². The van der Waals surface area contributed by atoms with Gasteiger partial charge in [0.2, 0.25) is 0 Å². The van der Waals surface area contributed by atoms with E-state index in [1.54, 1.807) is 24.4 Å². The first kappa shape index (κ1) is 24.5. The zero-order valence-electron chi connectivity index (χ0n) is 19.9. The Hall–Kier alpha value is -4.18. The second kappa shape index (κ2) is 9.70. The van der Waals surface area contributed by atoms with E-state index in [1.165, 1.54) is 18.3 Å². The molecule has 10 heteroatoms. The van der Waals surface area contributed by atoms with Gasteiger partial charge in [0.15, 0.2) is 9.84 Å². The molecule has 2 aromatic heterocycles. The number of carbonyl (C=O) groups excluding carboxylic acids is 1. The van der Waals surface area contributed by atoms with Gasteiger partial charge in [0.1, 0.15) is 11.7 Å². The zero-order valence-corrected chi connectivity index (χ0v) is 20.7. The standard InChI is InChI=1S/C27H24FN5O3S/c1-37(35,36)24-11-17(9-20-12-21(28)15-32-25(20)24)10-22-13-19(5-6-30-22)27(34)33-14-16-2-3-23-18(8-16)4-7-31-26(23)29/h2-9,11-13,15,18,23H,10,14H2,1H3,(H2,29,31)(H,33,34). The number of sulfone groups is 1. The molecule has 8 nitrogen and oxygen atoms in total. The van der Waals surface area contributed by atoms with E-state index in [0.29, 0.717) is 34.6 Å². The van der Waals surface area contributed by atoms with Crippen LogP contribution in [-0.2, 0) is 16.3 Å². The minimum absolute atomic E-state index is 0.0192. The summed E-state index contributed by atoms with van der Waals surface area (Å²) in [7, 11) is -3.61. The highest BCUT2D eigenvalue weighted by molar-refractivity contribution is 7.91. The van der Waals surface area contributed by atoms with Gasteiger partial charge in [-0.1, -0.05) is 24.3 Å². The summed E-state index contributed by atoms with van der Waals surface area (Å²) < 4.78 is 38.5. The molecule has 0 fully saturated rings. The molecule has 2 atom stereocenters. The lowest BCUT2D eigenvalue weighted by atomic mass is 9.84. The van der Waals surface area contributed by atoms with Crippen LogP contribution in [-0.4, -0.2) is 42.9 Å². The summed E-state index contributed by atoms with van der Waals surface area (Å²) in [6.45, 7) is 0.349. The molecule has 3 aromatic rings. The number of aliphatic imine (C=N–C) groups is 1. The number of allylic oxidation sites excluding steroid dienone is 2. The Labute approximate surface area is 213 Å². The molecule has 1 amide bonds. The van der Waals surface area contributed by atoms with Gasteiger partial charge < -0.3 is 11.1 Å². The molecule has 0 spiro atoms. The van der Waals surface area contributed by atoms with Crippen LogP contribution >= 0.6 is 0 Å². The molecular formula is C27H24FN5O3S. The van der Waals surface area contributed by atoms with Gasteiger partial charge in [0.25, 0.3) is 5.91 Å². The Balaban J connectivity index is 1.32. The highest BCUT2D eigenvalue weighted by Crippen LogP contribution is 2.27. The van der Waals surface area contributed by atoms with Crippen LogP contribution in [0, 0.1) is 17.7 Å². The molecular weight excluding hydrogens is 493 g/mol. The van der Waals surface area contributed by atoms with Gasteiger partial charge in [-0.3, -0.25) is 14.8 Å².